The average molecular weight is 371 g/mol. The molecule has 4 heteroatoms. The Morgan fingerprint density at radius 2 is 2.05 bits per heavy atom. The highest BCUT2D eigenvalue weighted by atomic mass is 79.9. The van der Waals surface area contributed by atoms with Crippen molar-refractivity contribution in [3.05, 3.63) is 68.4 Å². The quantitative estimate of drug-likeness (QED) is 0.738. The summed E-state index contributed by atoms with van der Waals surface area (Å²) >= 11 is 9.67. The third-order valence-corrected chi connectivity index (χ3v) is 4.63. The minimum atomic E-state index is -0.245. The maximum atomic E-state index is 13.8. The van der Waals surface area contributed by atoms with E-state index >= 15 is 0 Å². The third-order valence-electron chi connectivity index (χ3n) is 3.44. The summed E-state index contributed by atoms with van der Waals surface area (Å²) in [5.41, 5.74) is 3.11. The number of hydrogen-bond donors (Lipinski definition) is 1. The molecule has 0 heterocycles. The molecular formula is C17H18BrClFN. The molecule has 0 saturated heterocycles. The zero-order valence-corrected chi connectivity index (χ0v) is 14.4. The monoisotopic (exact) mass is 369 g/mol. The molecule has 1 unspecified atom stereocenters. The molecule has 2 rings (SSSR count). The largest absolute Gasteiger partial charge is 0.310 e. The number of halogens is 3. The zero-order valence-electron chi connectivity index (χ0n) is 12.1. The molecule has 0 aliphatic carbocycles. The van der Waals surface area contributed by atoms with Crippen molar-refractivity contribution in [2.75, 3.05) is 6.54 Å². The number of nitrogens with one attached hydrogen (secondary N) is 1. The van der Waals surface area contributed by atoms with Gasteiger partial charge in [0.2, 0.25) is 0 Å². The van der Waals surface area contributed by atoms with E-state index in [1.165, 1.54) is 6.07 Å². The lowest BCUT2D eigenvalue weighted by atomic mass is 9.98. The van der Waals surface area contributed by atoms with Gasteiger partial charge in [-0.2, -0.15) is 0 Å². The van der Waals surface area contributed by atoms with E-state index < -0.39 is 0 Å². The average Bonchev–Trinajstić information content (AvgIpc) is 2.44. The van der Waals surface area contributed by atoms with E-state index in [0.717, 1.165) is 34.7 Å². The number of rotatable bonds is 5. The smallest absolute Gasteiger partial charge is 0.137 e. The van der Waals surface area contributed by atoms with Crippen LogP contribution in [0.3, 0.4) is 0 Å². The van der Waals surface area contributed by atoms with Crippen LogP contribution in [0.15, 0.2) is 40.9 Å². The van der Waals surface area contributed by atoms with Crippen molar-refractivity contribution in [1.29, 1.82) is 0 Å². The first kappa shape index (κ1) is 16.5. The molecule has 1 nitrogen and oxygen atoms in total. The molecule has 0 radical (unpaired) electrons. The van der Waals surface area contributed by atoms with E-state index in [1.54, 1.807) is 6.07 Å². The Labute approximate surface area is 138 Å². The van der Waals surface area contributed by atoms with Crippen molar-refractivity contribution in [3.63, 3.8) is 0 Å². The summed E-state index contributed by atoms with van der Waals surface area (Å²) in [4.78, 5) is 0. The maximum Gasteiger partial charge on any atom is 0.137 e. The first-order valence-corrected chi connectivity index (χ1v) is 8.12. The molecule has 112 valence electrons. The summed E-state index contributed by atoms with van der Waals surface area (Å²) in [7, 11) is 0. The minimum Gasteiger partial charge on any atom is -0.310 e. The van der Waals surface area contributed by atoms with Crippen LogP contribution in [0.2, 0.25) is 5.02 Å². The van der Waals surface area contributed by atoms with Crippen molar-refractivity contribution in [3.8, 4) is 0 Å². The van der Waals surface area contributed by atoms with Crippen LogP contribution in [-0.4, -0.2) is 6.54 Å². The van der Waals surface area contributed by atoms with Gasteiger partial charge in [0.1, 0.15) is 5.82 Å². The molecule has 0 saturated carbocycles. The van der Waals surface area contributed by atoms with E-state index in [2.05, 4.69) is 21.2 Å². The SMILES string of the molecule is CCNC(Cc1ccc(C)cc1Cl)c1cccc(F)c1Br. The first-order valence-electron chi connectivity index (χ1n) is 6.95. The Hall–Kier alpha value is -0.900. The van der Waals surface area contributed by atoms with Gasteiger partial charge >= 0.3 is 0 Å². The summed E-state index contributed by atoms with van der Waals surface area (Å²) in [6.07, 6.45) is 0.717. The molecule has 2 aromatic carbocycles. The van der Waals surface area contributed by atoms with E-state index in [-0.39, 0.29) is 11.9 Å². The molecular weight excluding hydrogens is 353 g/mol. The molecule has 0 amide bonds. The standard InChI is InChI=1S/C17H18BrClFN/c1-3-21-16(13-5-4-6-15(20)17(13)18)10-12-8-7-11(2)9-14(12)19/h4-9,16,21H,3,10H2,1-2H3. The minimum absolute atomic E-state index is 0.0141. The highest BCUT2D eigenvalue weighted by molar-refractivity contribution is 9.10. The van der Waals surface area contributed by atoms with Crippen LogP contribution in [0.5, 0.6) is 0 Å². The predicted molar refractivity (Wildman–Crippen MR) is 90.4 cm³/mol. The van der Waals surface area contributed by atoms with Crippen LogP contribution < -0.4 is 5.32 Å². The Morgan fingerprint density at radius 3 is 2.71 bits per heavy atom. The molecule has 0 spiro atoms. The lowest BCUT2D eigenvalue weighted by molar-refractivity contribution is 0.539. The summed E-state index contributed by atoms with van der Waals surface area (Å²) in [6, 6.07) is 11.2. The molecule has 0 bridgehead atoms. The number of hydrogen-bond acceptors (Lipinski definition) is 1. The highest BCUT2D eigenvalue weighted by Gasteiger charge is 2.17. The lowest BCUT2D eigenvalue weighted by Crippen LogP contribution is -2.23. The summed E-state index contributed by atoms with van der Waals surface area (Å²) in [6.45, 7) is 4.86. The molecule has 21 heavy (non-hydrogen) atoms. The van der Waals surface area contributed by atoms with Gasteiger partial charge in [0.05, 0.1) is 4.47 Å². The van der Waals surface area contributed by atoms with Crippen LogP contribution in [0.25, 0.3) is 0 Å². The van der Waals surface area contributed by atoms with Gasteiger partial charge in [-0.1, -0.05) is 42.8 Å². The van der Waals surface area contributed by atoms with Crippen LogP contribution in [0, 0.1) is 12.7 Å². The fourth-order valence-corrected chi connectivity index (χ4v) is 3.22. The molecule has 0 aliphatic heterocycles. The van der Waals surface area contributed by atoms with E-state index in [0.29, 0.717) is 4.47 Å². The van der Waals surface area contributed by atoms with E-state index in [4.69, 9.17) is 11.6 Å². The van der Waals surface area contributed by atoms with Gasteiger partial charge < -0.3 is 5.32 Å². The van der Waals surface area contributed by atoms with Gasteiger partial charge in [-0.05, 0) is 64.6 Å². The van der Waals surface area contributed by atoms with Crippen molar-refractivity contribution < 1.29 is 4.39 Å². The van der Waals surface area contributed by atoms with E-state index in [1.807, 2.05) is 38.1 Å². The summed E-state index contributed by atoms with van der Waals surface area (Å²) in [5.74, 6) is -0.245. The number of likely N-dealkylation sites (N-methyl/N-ethyl adjacent to an activating group) is 1. The first-order chi connectivity index (χ1) is 10.0. The molecule has 0 fully saturated rings. The van der Waals surface area contributed by atoms with Crippen molar-refractivity contribution in [1.82, 2.24) is 5.32 Å². The lowest BCUT2D eigenvalue weighted by Gasteiger charge is -2.21. The summed E-state index contributed by atoms with van der Waals surface area (Å²) < 4.78 is 14.3. The molecule has 2 aromatic rings. The van der Waals surface area contributed by atoms with Crippen molar-refractivity contribution in [2.24, 2.45) is 0 Å². The molecule has 0 aromatic heterocycles. The Balaban J connectivity index is 2.33. The van der Waals surface area contributed by atoms with E-state index in [9.17, 15) is 4.39 Å². The third kappa shape index (κ3) is 4.06. The second-order valence-corrected chi connectivity index (χ2v) is 6.25. The number of aryl methyl sites for hydroxylation is 1. The second kappa shape index (κ2) is 7.39. The Morgan fingerprint density at radius 1 is 1.29 bits per heavy atom. The number of benzene rings is 2. The normalized spacial score (nSPS) is 12.4. The summed E-state index contributed by atoms with van der Waals surface area (Å²) in [5, 5.41) is 4.16. The maximum absolute atomic E-state index is 13.8. The van der Waals surface area contributed by atoms with Crippen LogP contribution in [-0.2, 0) is 6.42 Å². The fourth-order valence-electron chi connectivity index (χ4n) is 2.37. The van der Waals surface area contributed by atoms with Gasteiger partial charge in [-0.25, -0.2) is 4.39 Å². The Bertz CT molecular complexity index is 630. The zero-order chi connectivity index (χ0) is 15.4. The van der Waals surface area contributed by atoms with Gasteiger partial charge in [0.15, 0.2) is 0 Å². The fraction of sp³-hybridized carbons (Fsp3) is 0.294. The van der Waals surface area contributed by atoms with Crippen molar-refractivity contribution in [2.45, 2.75) is 26.3 Å². The van der Waals surface area contributed by atoms with Gasteiger partial charge in [0, 0.05) is 11.1 Å². The van der Waals surface area contributed by atoms with Crippen molar-refractivity contribution >= 4 is 27.5 Å². The Kier molecular flexibility index (Phi) is 5.80. The highest BCUT2D eigenvalue weighted by Crippen LogP contribution is 2.30. The van der Waals surface area contributed by atoms with Crippen LogP contribution in [0.1, 0.15) is 29.7 Å². The van der Waals surface area contributed by atoms with Gasteiger partial charge in [0.25, 0.3) is 0 Å². The molecule has 1 atom stereocenters. The van der Waals surface area contributed by atoms with Crippen LogP contribution >= 0.6 is 27.5 Å². The van der Waals surface area contributed by atoms with Crippen LogP contribution in [0.4, 0.5) is 4.39 Å². The topological polar surface area (TPSA) is 12.0 Å². The molecule has 1 N–H and O–H groups in total. The second-order valence-electron chi connectivity index (χ2n) is 5.05. The predicted octanol–water partition coefficient (Wildman–Crippen LogP) is 5.44. The van der Waals surface area contributed by atoms with Gasteiger partial charge in [-0.3, -0.25) is 0 Å². The molecule has 0 aliphatic rings. The van der Waals surface area contributed by atoms with Gasteiger partial charge in [-0.15, -0.1) is 0 Å².